The van der Waals surface area contributed by atoms with E-state index in [2.05, 4.69) is 31.1 Å². The first-order chi connectivity index (χ1) is 6.20. The van der Waals surface area contributed by atoms with Crippen LogP contribution < -0.4 is 0 Å². The molecule has 0 aliphatic carbocycles. The van der Waals surface area contributed by atoms with Crippen molar-refractivity contribution in [1.82, 2.24) is 15.1 Å². The normalized spacial score (nSPS) is 10.5. The molecule has 0 fully saturated rings. The van der Waals surface area contributed by atoms with Crippen molar-refractivity contribution in [3.05, 3.63) is 16.6 Å². The van der Waals surface area contributed by atoms with Crippen LogP contribution in [0.1, 0.15) is 10.5 Å². The predicted molar refractivity (Wildman–Crippen MR) is 44.3 cm³/mol. The maximum absolute atomic E-state index is 10.6. The minimum Gasteiger partial charge on any atom is -0.476 e. The first-order valence-corrected chi connectivity index (χ1v) is 3.98. The summed E-state index contributed by atoms with van der Waals surface area (Å²) in [6.45, 7) is 0. The van der Waals surface area contributed by atoms with Crippen LogP contribution in [0.25, 0.3) is 11.1 Å². The van der Waals surface area contributed by atoms with Gasteiger partial charge in [0.15, 0.2) is 4.60 Å². The summed E-state index contributed by atoms with van der Waals surface area (Å²) in [6, 6.07) is 0. The molecule has 0 aliphatic heterocycles. The molecule has 13 heavy (non-hydrogen) atoms. The maximum Gasteiger partial charge on any atom is 0.360 e. The highest BCUT2D eigenvalue weighted by Crippen LogP contribution is 2.21. The molecule has 2 heterocycles. The van der Waals surface area contributed by atoms with Gasteiger partial charge in [-0.25, -0.2) is 14.8 Å². The molecule has 2 rings (SSSR count). The van der Waals surface area contributed by atoms with Gasteiger partial charge in [0.05, 0.1) is 0 Å². The van der Waals surface area contributed by atoms with Crippen LogP contribution in [0.3, 0.4) is 0 Å². The monoisotopic (exact) mass is 243 g/mol. The number of aromatic carboxylic acids is 1. The molecule has 0 saturated heterocycles. The van der Waals surface area contributed by atoms with E-state index in [1.165, 1.54) is 6.33 Å². The van der Waals surface area contributed by atoms with Crippen molar-refractivity contribution in [3.8, 4) is 0 Å². The van der Waals surface area contributed by atoms with Crippen LogP contribution in [0.5, 0.6) is 0 Å². The van der Waals surface area contributed by atoms with Crippen molar-refractivity contribution in [1.29, 1.82) is 0 Å². The molecule has 2 aromatic rings. The van der Waals surface area contributed by atoms with E-state index in [9.17, 15) is 4.79 Å². The molecular formula is C6H2BrN3O3. The number of hydrogen-bond acceptors (Lipinski definition) is 5. The van der Waals surface area contributed by atoms with E-state index in [0.29, 0.717) is 4.60 Å². The number of carboxylic acid groups (broad SMARTS) is 1. The van der Waals surface area contributed by atoms with E-state index >= 15 is 0 Å². The Balaban J connectivity index is 2.83. The predicted octanol–water partition coefficient (Wildman–Crippen LogP) is 1.08. The molecular weight excluding hydrogens is 242 g/mol. The standard InChI is InChI=1S/C6H2BrN3O3/c7-5-4-2(8-1-9-5)3(6(11)12)10-13-4/h1H,(H,11,12). The van der Waals surface area contributed by atoms with E-state index in [0.717, 1.165) is 0 Å². The number of nitrogens with zero attached hydrogens (tertiary/aromatic N) is 3. The van der Waals surface area contributed by atoms with E-state index in [1.54, 1.807) is 0 Å². The zero-order chi connectivity index (χ0) is 9.42. The number of aromatic nitrogens is 3. The second-order valence-electron chi connectivity index (χ2n) is 2.18. The Morgan fingerprint density at radius 2 is 2.31 bits per heavy atom. The lowest BCUT2D eigenvalue weighted by atomic mass is 10.3. The highest BCUT2D eigenvalue weighted by Gasteiger charge is 2.18. The van der Waals surface area contributed by atoms with Crippen LogP contribution in [-0.2, 0) is 0 Å². The van der Waals surface area contributed by atoms with E-state index in [4.69, 9.17) is 9.63 Å². The van der Waals surface area contributed by atoms with Crippen LogP contribution in [0.15, 0.2) is 15.5 Å². The Morgan fingerprint density at radius 1 is 1.54 bits per heavy atom. The molecule has 0 spiro atoms. The molecule has 6 nitrogen and oxygen atoms in total. The first kappa shape index (κ1) is 8.11. The van der Waals surface area contributed by atoms with Crippen LogP contribution in [0.2, 0.25) is 0 Å². The van der Waals surface area contributed by atoms with E-state index < -0.39 is 5.97 Å². The molecule has 0 unspecified atom stereocenters. The molecule has 0 atom stereocenters. The SMILES string of the molecule is O=C(O)c1noc2c(Br)ncnc12. The summed E-state index contributed by atoms with van der Waals surface area (Å²) >= 11 is 3.08. The minimum absolute atomic E-state index is 0.189. The topological polar surface area (TPSA) is 89.1 Å². The highest BCUT2D eigenvalue weighted by atomic mass is 79.9. The largest absolute Gasteiger partial charge is 0.476 e. The molecule has 0 aromatic carbocycles. The average Bonchev–Trinajstić information content (AvgIpc) is 2.48. The van der Waals surface area contributed by atoms with Crippen molar-refractivity contribution < 1.29 is 14.4 Å². The van der Waals surface area contributed by atoms with Crippen LogP contribution in [-0.4, -0.2) is 26.2 Å². The smallest absolute Gasteiger partial charge is 0.360 e. The van der Waals surface area contributed by atoms with Gasteiger partial charge >= 0.3 is 5.97 Å². The first-order valence-electron chi connectivity index (χ1n) is 3.19. The summed E-state index contributed by atoms with van der Waals surface area (Å²) in [6.07, 6.45) is 1.23. The van der Waals surface area contributed by atoms with E-state index in [-0.39, 0.29) is 16.8 Å². The lowest BCUT2D eigenvalue weighted by Gasteiger charge is -1.87. The Kier molecular flexibility index (Phi) is 1.73. The Hall–Kier alpha value is -1.50. The number of carbonyl (C=O) groups is 1. The van der Waals surface area contributed by atoms with Gasteiger partial charge in [0.1, 0.15) is 11.8 Å². The van der Waals surface area contributed by atoms with Gasteiger partial charge in [0, 0.05) is 0 Å². The third-order valence-corrected chi connectivity index (χ3v) is 1.98. The van der Waals surface area contributed by atoms with E-state index in [1.807, 2.05) is 0 Å². The summed E-state index contributed by atoms with van der Waals surface area (Å²) < 4.78 is 5.12. The molecule has 2 aromatic heterocycles. The summed E-state index contributed by atoms with van der Waals surface area (Å²) in [5.41, 5.74) is 0.215. The van der Waals surface area contributed by atoms with Gasteiger partial charge in [-0.2, -0.15) is 0 Å². The summed E-state index contributed by atoms with van der Waals surface area (Å²) in [7, 11) is 0. The number of fused-ring (bicyclic) bond motifs is 1. The Labute approximate surface area is 79.7 Å². The number of carboxylic acids is 1. The fourth-order valence-corrected chi connectivity index (χ4v) is 1.23. The fourth-order valence-electron chi connectivity index (χ4n) is 0.877. The Bertz CT molecular complexity index is 481. The zero-order valence-electron chi connectivity index (χ0n) is 6.06. The highest BCUT2D eigenvalue weighted by molar-refractivity contribution is 9.10. The van der Waals surface area contributed by atoms with Crippen molar-refractivity contribution in [2.24, 2.45) is 0 Å². The van der Waals surface area contributed by atoms with Gasteiger partial charge in [-0.3, -0.25) is 0 Å². The van der Waals surface area contributed by atoms with Crippen LogP contribution >= 0.6 is 15.9 Å². The Morgan fingerprint density at radius 3 is 3.00 bits per heavy atom. The summed E-state index contributed by atoms with van der Waals surface area (Å²) in [4.78, 5) is 18.1. The van der Waals surface area contributed by atoms with Gasteiger partial charge in [-0.05, 0) is 15.9 Å². The summed E-state index contributed by atoms with van der Waals surface area (Å²) in [5, 5.41) is 12.0. The third kappa shape index (κ3) is 1.17. The van der Waals surface area contributed by atoms with Crippen molar-refractivity contribution in [2.75, 3.05) is 0 Å². The van der Waals surface area contributed by atoms with Gasteiger partial charge in [0.2, 0.25) is 11.3 Å². The average molecular weight is 244 g/mol. The molecule has 66 valence electrons. The fraction of sp³-hybridized carbons (Fsp3) is 0. The molecule has 0 aliphatic rings. The van der Waals surface area contributed by atoms with Crippen molar-refractivity contribution in [3.63, 3.8) is 0 Å². The third-order valence-electron chi connectivity index (χ3n) is 1.42. The van der Waals surface area contributed by atoms with Crippen LogP contribution in [0, 0.1) is 0 Å². The second-order valence-corrected chi connectivity index (χ2v) is 2.93. The second kappa shape index (κ2) is 2.77. The van der Waals surface area contributed by atoms with Gasteiger partial charge in [0.25, 0.3) is 0 Å². The van der Waals surface area contributed by atoms with Crippen molar-refractivity contribution in [2.45, 2.75) is 0 Å². The van der Waals surface area contributed by atoms with Gasteiger partial charge < -0.3 is 9.63 Å². The summed E-state index contributed by atoms with van der Waals surface area (Å²) in [5.74, 6) is -1.18. The quantitative estimate of drug-likeness (QED) is 0.755. The lowest BCUT2D eigenvalue weighted by molar-refractivity contribution is 0.0687. The van der Waals surface area contributed by atoms with Gasteiger partial charge in [-0.1, -0.05) is 5.16 Å². The molecule has 1 N–H and O–H groups in total. The number of rotatable bonds is 1. The molecule has 0 saturated carbocycles. The molecule has 0 radical (unpaired) electrons. The maximum atomic E-state index is 10.6. The molecule has 7 heteroatoms. The molecule has 0 amide bonds. The zero-order valence-corrected chi connectivity index (χ0v) is 7.65. The number of halogens is 1. The van der Waals surface area contributed by atoms with Gasteiger partial charge in [-0.15, -0.1) is 0 Å². The van der Waals surface area contributed by atoms with Crippen molar-refractivity contribution >= 4 is 33.0 Å². The lowest BCUT2D eigenvalue weighted by Crippen LogP contribution is -1.97. The minimum atomic E-state index is -1.18. The number of hydrogen-bond donors (Lipinski definition) is 1. The van der Waals surface area contributed by atoms with Crippen LogP contribution in [0.4, 0.5) is 0 Å². The molecule has 0 bridgehead atoms.